The third-order valence-corrected chi connectivity index (χ3v) is 4.66. The Labute approximate surface area is 174 Å². The van der Waals surface area contributed by atoms with Crippen molar-refractivity contribution in [2.75, 3.05) is 13.7 Å². The molecule has 0 aliphatic carbocycles. The normalized spacial score (nSPS) is 10.4. The number of nitrogens with zero attached hydrogens (tertiary/aromatic N) is 1. The van der Waals surface area contributed by atoms with Gasteiger partial charge in [0.25, 0.3) is 5.91 Å². The molecular weight excluding hydrogens is 390 g/mol. The summed E-state index contributed by atoms with van der Waals surface area (Å²) in [6.45, 7) is 0.0670. The van der Waals surface area contributed by atoms with E-state index in [1.54, 1.807) is 67.7 Å². The van der Waals surface area contributed by atoms with Crippen LogP contribution in [0.5, 0.6) is 5.75 Å². The van der Waals surface area contributed by atoms with Gasteiger partial charge in [0, 0.05) is 18.6 Å². The summed E-state index contributed by atoms with van der Waals surface area (Å²) in [4.78, 5) is 25.9. The van der Waals surface area contributed by atoms with Crippen molar-refractivity contribution in [2.45, 2.75) is 6.54 Å². The molecule has 0 fully saturated rings. The zero-order chi connectivity index (χ0) is 20.8. The quantitative estimate of drug-likeness (QED) is 0.607. The van der Waals surface area contributed by atoms with E-state index in [-0.39, 0.29) is 18.3 Å². The predicted octanol–water partition coefficient (Wildman–Crippen LogP) is 4.53. The van der Waals surface area contributed by atoms with Crippen LogP contribution in [-0.2, 0) is 16.1 Å². The summed E-state index contributed by atoms with van der Waals surface area (Å²) in [5.74, 6) is -0.663. The standard InChI is InChI=1S/C23H20ClNO4/c1-25(14-16-2-10-20(24)11-3-16)22(27)15-29-23(28)19-6-4-17(5-7-19)18-8-12-21(26)13-9-18/h2-13,26H,14-15H2,1H3. The van der Waals surface area contributed by atoms with Gasteiger partial charge in [-0.25, -0.2) is 4.79 Å². The van der Waals surface area contributed by atoms with E-state index in [2.05, 4.69) is 0 Å². The fourth-order valence-corrected chi connectivity index (χ4v) is 2.85. The first-order chi connectivity index (χ1) is 13.9. The van der Waals surface area contributed by atoms with Crippen molar-refractivity contribution in [2.24, 2.45) is 0 Å². The molecule has 0 atom stereocenters. The van der Waals surface area contributed by atoms with Crippen molar-refractivity contribution >= 4 is 23.5 Å². The number of hydrogen-bond donors (Lipinski definition) is 1. The van der Waals surface area contributed by atoms with Crippen LogP contribution in [0.3, 0.4) is 0 Å². The molecule has 0 heterocycles. The predicted molar refractivity (Wildman–Crippen MR) is 112 cm³/mol. The Hall–Kier alpha value is -3.31. The van der Waals surface area contributed by atoms with Gasteiger partial charge in [0.1, 0.15) is 5.75 Å². The maximum absolute atomic E-state index is 12.2. The molecule has 0 aliphatic heterocycles. The van der Waals surface area contributed by atoms with E-state index >= 15 is 0 Å². The van der Waals surface area contributed by atoms with Crippen LogP contribution < -0.4 is 0 Å². The van der Waals surface area contributed by atoms with Crippen LogP contribution in [0.25, 0.3) is 11.1 Å². The highest BCUT2D eigenvalue weighted by molar-refractivity contribution is 6.30. The number of phenols is 1. The van der Waals surface area contributed by atoms with Gasteiger partial charge in [0.05, 0.1) is 5.56 Å². The molecule has 148 valence electrons. The van der Waals surface area contributed by atoms with Gasteiger partial charge < -0.3 is 14.7 Å². The van der Waals surface area contributed by atoms with E-state index in [4.69, 9.17) is 16.3 Å². The van der Waals surface area contributed by atoms with Crippen molar-refractivity contribution in [3.8, 4) is 16.9 Å². The lowest BCUT2D eigenvalue weighted by atomic mass is 10.0. The number of rotatable bonds is 6. The van der Waals surface area contributed by atoms with Crippen LogP contribution in [-0.4, -0.2) is 35.5 Å². The zero-order valence-corrected chi connectivity index (χ0v) is 16.6. The highest BCUT2D eigenvalue weighted by Gasteiger charge is 2.14. The van der Waals surface area contributed by atoms with Gasteiger partial charge in [-0.15, -0.1) is 0 Å². The summed E-state index contributed by atoms with van der Waals surface area (Å²) in [5, 5.41) is 9.99. The van der Waals surface area contributed by atoms with E-state index in [0.29, 0.717) is 17.1 Å². The molecule has 3 aromatic carbocycles. The highest BCUT2D eigenvalue weighted by atomic mass is 35.5. The molecule has 29 heavy (non-hydrogen) atoms. The van der Waals surface area contributed by atoms with Gasteiger partial charge >= 0.3 is 5.97 Å². The van der Waals surface area contributed by atoms with Gasteiger partial charge in [0.15, 0.2) is 6.61 Å². The second-order valence-corrected chi connectivity index (χ2v) is 7.01. The second-order valence-electron chi connectivity index (χ2n) is 6.58. The first-order valence-electron chi connectivity index (χ1n) is 8.97. The van der Waals surface area contributed by atoms with Crippen molar-refractivity contribution < 1.29 is 19.4 Å². The molecular formula is C23H20ClNO4. The summed E-state index contributed by atoms with van der Waals surface area (Å²) in [7, 11) is 1.65. The molecule has 0 spiro atoms. The van der Waals surface area contributed by atoms with E-state index in [1.165, 1.54) is 4.90 Å². The topological polar surface area (TPSA) is 66.8 Å². The van der Waals surface area contributed by atoms with E-state index in [9.17, 15) is 14.7 Å². The molecule has 0 bridgehead atoms. The van der Waals surface area contributed by atoms with E-state index < -0.39 is 5.97 Å². The average Bonchev–Trinajstić information content (AvgIpc) is 2.74. The number of ether oxygens (including phenoxy) is 1. The van der Waals surface area contributed by atoms with Gasteiger partial charge in [0.2, 0.25) is 0 Å². The first kappa shape index (κ1) is 20.4. The van der Waals surface area contributed by atoms with Crippen LogP contribution in [0.4, 0.5) is 0 Å². The summed E-state index contributed by atoms with van der Waals surface area (Å²) < 4.78 is 5.14. The van der Waals surface area contributed by atoms with Crippen LogP contribution >= 0.6 is 11.6 Å². The number of benzene rings is 3. The number of aromatic hydroxyl groups is 1. The minimum absolute atomic E-state index is 0.194. The fourth-order valence-electron chi connectivity index (χ4n) is 2.73. The number of hydrogen-bond acceptors (Lipinski definition) is 4. The van der Waals surface area contributed by atoms with Crippen LogP contribution in [0.2, 0.25) is 5.02 Å². The smallest absolute Gasteiger partial charge is 0.338 e. The molecule has 1 N–H and O–H groups in total. The zero-order valence-electron chi connectivity index (χ0n) is 15.8. The Kier molecular flexibility index (Phi) is 6.52. The maximum atomic E-state index is 12.2. The number of amides is 1. The summed E-state index contributed by atoms with van der Waals surface area (Å²) in [5.41, 5.74) is 3.11. The molecule has 1 amide bonds. The van der Waals surface area contributed by atoms with Gasteiger partial charge in [-0.1, -0.05) is 48.0 Å². The third-order valence-electron chi connectivity index (χ3n) is 4.41. The molecule has 6 heteroatoms. The van der Waals surface area contributed by atoms with E-state index in [1.807, 2.05) is 12.1 Å². The van der Waals surface area contributed by atoms with Crippen molar-refractivity contribution in [3.63, 3.8) is 0 Å². The number of esters is 1. The first-order valence-corrected chi connectivity index (χ1v) is 9.35. The van der Waals surface area contributed by atoms with Crippen molar-refractivity contribution in [1.82, 2.24) is 4.90 Å². The molecule has 3 rings (SSSR count). The highest BCUT2D eigenvalue weighted by Crippen LogP contribution is 2.22. The van der Waals surface area contributed by atoms with Crippen LogP contribution in [0, 0.1) is 0 Å². The van der Waals surface area contributed by atoms with Gasteiger partial charge in [-0.3, -0.25) is 4.79 Å². The Morgan fingerprint density at radius 3 is 2.03 bits per heavy atom. The molecule has 0 radical (unpaired) electrons. The lowest BCUT2D eigenvalue weighted by Crippen LogP contribution is -2.30. The molecule has 5 nitrogen and oxygen atoms in total. The molecule has 3 aromatic rings. The van der Waals surface area contributed by atoms with Gasteiger partial charge in [-0.2, -0.15) is 0 Å². The summed E-state index contributed by atoms with van der Waals surface area (Å²) in [6, 6.07) is 20.9. The number of carbonyl (C=O) groups excluding carboxylic acids is 2. The molecule has 0 aromatic heterocycles. The average molecular weight is 410 g/mol. The van der Waals surface area contributed by atoms with Crippen LogP contribution in [0.1, 0.15) is 15.9 Å². The molecule has 0 unspecified atom stereocenters. The van der Waals surface area contributed by atoms with Gasteiger partial charge in [-0.05, 0) is 53.1 Å². The second kappa shape index (κ2) is 9.26. The largest absolute Gasteiger partial charge is 0.508 e. The van der Waals surface area contributed by atoms with E-state index in [0.717, 1.165) is 16.7 Å². The molecule has 0 aliphatic rings. The number of likely N-dealkylation sites (N-methyl/N-ethyl adjacent to an activating group) is 1. The lowest BCUT2D eigenvalue weighted by Gasteiger charge is -2.17. The Balaban J connectivity index is 1.53. The molecule has 0 saturated carbocycles. The number of carbonyl (C=O) groups is 2. The summed E-state index contributed by atoms with van der Waals surface area (Å²) in [6.07, 6.45) is 0. The minimum atomic E-state index is -0.560. The minimum Gasteiger partial charge on any atom is -0.508 e. The SMILES string of the molecule is CN(Cc1ccc(Cl)cc1)C(=O)COC(=O)c1ccc(-c2ccc(O)cc2)cc1. The monoisotopic (exact) mass is 409 g/mol. The third kappa shape index (κ3) is 5.59. The Morgan fingerprint density at radius 2 is 1.45 bits per heavy atom. The van der Waals surface area contributed by atoms with Crippen molar-refractivity contribution in [3.05, 3.63) is 88.9 Å². The van der Waals surface area contributed by atoms with Crippen molar-refractivity contribution in [1.29, 1.82) is 0 Å². The Bertz CT molecular complexity index is 983. The molecule has 0 saturated heterocycles. The van der Waals surface area contributed by atoms with Crippen LogP contribution in [0.15, 0.2) is 72.8 Å². The number of halogens is 1. The fraction of sp³-hybridized carbons (Fsp3) is 0.130. The summed E-state index contributed by atoms with van der Waals surface area (Å²) >= 11 is 5.86. The Morgan fingerprint density at radius 1 is 0.897 bits per heavy atom. The lowest BCUT2D eigenvalue weighted by molar-refractivity contribution is -0.133. The number of phenolic OH excluding ortho intramolecular Hbond substituents is 1. The maximum Gasteiger partial charge on any atom is 0.338 e.